The van der Waals surface area contributed by atoms with Crippen LogP contribution >= 0.6 is 0 Å². The van der Waals surface area contributed by atoms with Crippen LogP contribution in [0, 0.1) is 0 Å². The summed E-state index contributed by atoms with van der Waals surface area (Å²) in [5.74, 6) is 0.367. The Morgan fingerprint density at radius 1 is 1.29 bits per heavy atom. The summed E-state index contributed by atoms with van der Waals surface area (Å²) in [5.41, 5.74) is 1.86. The Balaban J connectivity index is 2.63. The SMILES string of the molecule is CCc1cc(CC)n(-c2nccn(C)c2=O)n1. The molecule has 0 fully saturated rings. The van der Waals surface area contributed by atoms with E-state index in [1.807, 2.05) is 19.9 Å². The summed E-state index contributed by atoms with van der Waals surface area (Å²) in [6.45, 7) is 4.09. The van der Waals surface area contributed by atoms with E-state index in [1.54, 1.807) is 24.1 Å². The monoisotopic (exact) mass is 232 g/mol. The van der Waals surface area contributed by atoms with Crippen molar-refractivity contribution in [3.05, 3.63) is 40.2 Å². The third-order valence-electron chi connectivity index (χ3n) is 2.76. The molecule has 2 rings (SSSR count). The number of aryl methyl sites for hydroxylation is 3. The van der Waals surface area contributed by atoms with Crippen molar-refractivity contribution in [1.82, 2.24) is 19.3 Å². The normalized spacial score (nSPS) is 10.8. The second kappa shape index (κ2) is 4.53. The number of nitrogens with zero attached hydrogens (tertiary/aromatic N) is 4. The number of hydrogen-bond acceptors (Lipinski definition) is 3. The van der Waals surface area contributed by atoms with Gasteiger partial charge >= 0.3 is 0 Å². The summed E-state index contributed by atoms with van der Waals surface area (Å²) in [7, 11) is 1.71. The summed E-state index contributed by atoms with van der Waals surface area (Å²) in [6, 6.07) is 2.02. The molecule has 5 nitrogen and oxygen atoms in total. The maximum atomic E-state index is 12.0. The third kappa shape index (κ3) is 2.00. The summed E-state index contributed by atoms with van der Waals surface area (Å²) < 4.78 is 3.16. The molecule has 0 bridgehead atoms. The van der Waals surface area contributed by atoms with Crippen LogP contribution in [0.1, 0.15) is 25.2 Å². The van der Waals surface area contributed by atoms with Crippen molar-refractivity contribution in [2.24, 2.45) is 7.05 Å². The molecule has 0 aliphatic rings. The van der Waals surface area contributed by atoms with Gasteiger partial charge in [-0.1, -0.05) is 13.8 Å². The third-order valence-corrected chi connectivity index (χ3v) is 2.76. The molecule has 0 saturated carbocycles. The highest BCUT2D eigenvalue weighted by molar-refractivity contribution is 5.24. The van der Waals surface area contributed by atoms with E-state index in [1.165, 1.54) is 4.57 Å². The highest BCUT2D eigenvalue weighted by Gasteiger charge is 2.12. The van der Waals surface area contributed by atoms with E-state index in [2.05, 4.69) is 10.1 Å². The standard InChI is InChI=1S/C12H16N4O/c1-4-9-8-10(5-2)16(14-9)11-12(17)15(3)7-6-13-11/h6-8H,4-5H2,1-3H3. The zero-order valence-corrected chi connectivity index (χ0v) is 10.3. The summed E-state index contributed by atoms with van der Waals surface area (Å²) in [4.78, 5) is 16.1. The van der Waals surface area contributed by atoms with Crippen molar-refractivity contribution in [2.45, 2.75) is 26.7 Å². The molecule has 0 atom stereocenters. The summed E-state index contributed by atoms with van der Waals surface area (Å²) >= 11 is 0. The van der Waals surface area contributed by atoms with Crippen LogP contribution in [-0.2, 0) is 19.9 Å². The second-order valence-electron chi connectivity index (χ2n) is 3.91. The smallest absolute Gasteiger partial charge is 0.295 e. The van der Waals surface area contributed by atoms with Crippen molar-refractivity contribution in [2.75, 3.05) is 0 Å². The Labute approximate surface area is 99.7 Å². The Hall–Kier alpha value is -1.91. The molecule has 2 aromatic heterocycles. The summed E-state index contributed by atoms with van der Waals surface area (Å²) in [5, 5.41) is 4.41. The van der Waals surface area contributed by atoms with E-state index in [9.17, 15) is 4.79 Å². The van der Waals surface area contributed by atoms with E-state index in [4.69, 9.17) is 0 Å². The van der Waals surface area contributed by atoms with Crippen molar-refractivity contribution >= 4 is 0 Å². The topological polar surface area (TPSA) is 52.7 Å². The first-order valence-corrected chi connectivity index (χ1v) is 5.77. The average Bonchev–Trinajstić information content (AvgIpc) is 2.76. The van der Waals surface area contributed by atoms with Crippen LogP contribution in [0.2, 0.25) is 0 Å². The molecular formula is C12H16N4O. The quantitative estimate of drug-likeness (QED) is 0.796. The van der Waals surface area contributed by atoms with Crippen molar-refractivity contribution < 1.29 is 0 Å². The minimum atomic E-state index is -0.132. The fourth-order valence-electron chi connectivity index (χ4n) is 1.71. The fraction of sp³-hybridized carbons (Fsp3) is 0.417. The predicted octanol–water partition coefficient (Wildman–Crippen LogP) is 1.09. The van der Waals surface area contributed by atoms with Gasteiger partial charge < -0.3 is 4.57 Å². The number of hydrogen-bond donors (Lipinski definition) is 0. The maximum Gasteiger partial charge on any atom is 0.295 e. The predicted molar refractivity (Wildman–Crippen MR) is 65.4 cm³/mol. The average molecular weight is 232 g/mol. The molecule has 2 heterocycles. The number of aromatic nitrogens is 4. The lowest BCUT2D eigenvalue weighted by Crippen LogP contribution is -2.24. The largest absolute Gasteiger partial charge is 0.314 e. The Morgan fingerprint density at radius 3 is 2.71 bits per heavy atom. The number of rotatable bonds is 3. The maximum absolute atomic E-state index is 12.0. The van der Waals surface area contributed by atoms with E-state index >= 15 is 0 Å². The van der Waals surface area contributed by atoms with Gasteiger partial charge in [-0.05, 0) is 18.9 Å². The molecule has 5 heteroatoms. The van der Waals surface area contributed by atoms with Crippen LogP contribution < -0.4 is 5.56 Å². The van der Waals surface area contributed by atoms with Gasteiger partial charge in [-0.2, -0.15) is 5.10 Å². The van der Waals surface area contributed by atoms with Crippen molar-refractivity contribution in [3.63, 3.8) is 0 Å². The minimum absolute atomic E-state index is 0.132. The second-order valence-corrected chi connectivity index (χ2v) is 3.91. The molecule has 0 radical (unpaired) electrons. The van der Waals surface area contributed by atoms with Gasteiger partial charge in [-0.25, -0.2) is 9.67 Å². The van der Waals surface area contributed by atoms with Crippen LogP contribution in [0.25, 0.3) is 5.82 Å². The van der Waals surface area contributed by atoms with Crippen molar-refractivity contribution in [1.29, 1.82) is 0 Å². The lowest BCUT2D eigenvalue weighted by Gasteiger charge is -2.05. The zero-order valence-electron chi connectivity index (χ0n) is 10.3. The van der Waals surface area contributed by atoms with Gasteiger partial charge in [0.05, 0.1) is 5.69 Å². The molecule has 2 aromatic rings. The van der Waals surface area contributed by atoms with Crippen molar-refractivity contribution in [3.8, 4) is 5.82 Å². The first-order chi connectivity index (χ1) is 8.17. The van der Waals surface area contributed by atoms with Gasteiger partial charge in [0, 0.05) is 25.1 Å². The molecular weight excluding hydrogens is 216 g/mol. The van der Waals surface area contributed by atoms with E-state index in [-0.39, 0.29) is 5.56 Å². The van der Waals surface area contributed by atoms with Gasteiger partial charge in [0.15, 0.2) is 0 Å². The molecule has 17 heavy (non-hydrogen) atoms. The highest BCUT2D eigenvalue weighted by atomic mass is 16.1. The first-order valence-electron chi connectivity index (χ1n) is 5.77. The lowest BCUT2D eigenvalue weighted by atomic mass is 10.3. The van der Waals surface area contributed by atoms with Gasteiger partial charge in [-0.15, -0.1) is 0 Å². The van der Waals surface area contributed by atoms with Crippen LogP contribution in [0.5, 0.6) is 0 Å². The molecule has 0 amide bonds. The van der Waals surface area contributed by atoms with Crippen LogP contribution in [-0.4, -0.2) is 19.3 Å². The molecule has 0 aliphatic carbocycles. The van der Waals surface area contributed by atoms with Crippen LogP contribution in [0.4, 0.5) is 0 Å². The van der Waals surface area contributed by atoms with Gasteiger partial charge in [0.25, 0.3) is 5.56 Å². The summed E-state index contributed by atoms with van der Waals surface area (Å²) in [6.07, 6.45) is 4.94. The van der Waals surface area contributed by atoms with Gasteiger partial charge in [0.1, 0.15) is 0 Å². The Bertz CT molecular complexity index is 582. The highest BCUT2D eigenvalue weighted by Crippen LogP contribution is 2.09. The molecule has 0 aliphatic heterocycles. The molecule has 0 spiro atoms. The van der Waals surface area contributed by atoms with E-state index < -0.39 is 0 Å². The Kier molecular flexibility index (Phi) is 3.08. The fourth-order valence-corrected chi connectivity index (χ4v) is 1.71. The molecule has 0 saturated heterocycles. The Morgan fingerprint density at radius 2 is 2.06 bits per heavy atom. The molecule has 0 N–H and O–H groups in total. The van der Waals surface area contributed by atoms with Gasteiger partial charge in [0.2, 0.25) is 5.82 Å². The van der Waals surface area contributed by atoms with Crippen LogP contribution in [0.3, 0.4) is 0 Å². The molecule has 0 unspecified atom stereocenters. The van der Waals surface area contributed by atoms with E-state index in [0.29, 0.717) is 5.82 Å². The molecule has 0 aromatic carbocycles. The van der Waals surface area contributed by atoms with Crippen LogP contribution in [0.15, 0.2) is 23.3 Å². The molecule has 90 valence electrons. The van der Waals surface area contributed by atoms with Gasteiger partial charge in [-0.3, -0.25) is 4.79 Å². The first kappa shape index (κ1) is 11.6. The minimum Gasteiger partial charge on any atom is -0.314 e. The van der Waals surface area contributed by atoms with E-state index in [0.717, 1.165) is 24.2 Å². The zero-order chi connectivity index (χ0) is 12.4. The lowest BCUT2D eigenvalue weighted by molar-refractivity contribution is 0.729.